The van der Waals surface area contributed by atoms with E-state index in [1.54, 1.807) is 12.1 Å². The van der Waals surface area contributed by atoms with E-state index in [1.807, 2.05) is 0 Å². The van der Waals surface area contributed by atoms with E-state index in [1.165, 1.54) is 20.2 Å². The van der Waals surface area contributed by atoms with Crippen molar-refractivity contribution in [3.05, 3.63) is 23.8 Å². The van der Waals surface area contributed by atoms with Gasteiger partial charge in [0, 0.05) is 19.2 Å². The molecule has 2 rings (SSSR count). The number of aromatic hydroxyl groups is 1. The fourth-order valence-corrected chi connectivity index (χ4v) is 1.98. The molecule has 6 nitrogen and oxygen atoms in total. The third-order valence-corrected chi connectivity index (χ3v) is 3.21. The third-order valence-electron chi connectivity index (χ3n) is 3.21. The summed E-state index contributed by atoms with van der Waals surface area (Å²) >= 11 is 0. The van der Waals surface area contributed by atoms with Crippen molar-refractivity contribution in [2.45, 2.75) is 19.0 Å². The molecular formula is C13H16N2O4. The number of imide groups is 1. The minimum Gasteiger partial charge on any atom is -0.508 e. The van der Waals surface area contributed by atoms with Gasteiger partial charge in [-0.25, -0.2) is 0 Å². The molecule has 0 saturated carbocycles. The number of hydrogen-bond donors (Lipinski definition) is 2. The normalized spacial score (nSPS) is 19.1. The Balaban J connectivity index is 2.03. The quantitative estimate of drug-likeness (QED) is 0.762. The molecule has 0 radical (unpaired) electrons. The molecule has 1 atom stereocenters. The van der Waals surface area contributed by atoms with Crippen LogP contribution in [0, 0.1) is 0 Å². The van der Waals surface area contributed by atoms with Crippen molar-refractivity contribution in [2.75, 3.05) is 14.2 Å². The molecule has 0 aromatic heterocycles. The number of carbonyl (C=O) groups is 2. The highest BCUT2D eigenvalue weighted by molar-refractivity contribution is 6.05. The molecule has 0 spiro atoms. The van der Waals surface area contributed by atoms with Gasteiger partial charge in [-0.1, -0.05) is 0 Å². The highest BCUT2D eigenvalue weighted by Gasteiger charge is 2.35. The molecule has 1 saturated heterocycles. The van der Waals surface area contributed by atoms with Crippen molar-refractivity contribution < 1.29 is 19.4 Å². The Labute approximate surface area is 111 Å². The second-order valence-corrected chi connectivity index (χ2v) is 4.42. The second-order valence-electron chi connectivity index (χ2n) is 4.42. The number of nitrogens with zero attached hydrogens (tertiary/aromatic N) is 1. The van der Waals surface area contributed by atoms with Gasteiger partial charge in [0.15, 0.2) is 0 Å². The lowest BCUT2D eigenvalue weighted by Gasteiger charge is -2.12. The molecule has 2 amide bonds. The summed E-state index contributed by atoms with van der Waals surface area (Å²) in [5.41, 5.74) is 0.620. The molecule has 1 aliphatic heterocycles. The first kappa shape index (κ1) is 13.4. The molecule has 2 N–H and O–H groups in total. The van der Waals surface area contributed by atoms with Crippen molar-refractivity contribution >= 4 is 11.8 Å². The number of benzene rings is 1. The van der Waals surface area contributed by atoms with E-state index in [0.717, 1.165) is 4.90 Å². The first-order valence-corrected chi connectivity index (χ1v) is 5.92. The van der Waals surface area contributed by atoms with Crippen LogP contribution in [0.4, 0.5) is 0 Å². The summed E-state index contributed by atoms with van der Waals surface area (Å²) in [5.74, 6) is 0.309. The van der Waals surface area contributed by atoms with Crippen LogP contribution in [-0.2, 0) is 16.1 Å². The van der Waals surface area contributed by atoms with Gasteiger partial charge in [-0.15, -0.1) is 0 Å². The number of carbonyl (C=O) groups excluding carboxylic acids is 2. The SMILES string of the molecule is COc1ccc(O)c(CNC2CC(=O)N(C)C2=O)c1. The maximum atomic E-state index is 11.7. The van der Waals surface area contributed by atoms with E-state index in [-0.39, 0.29) is 24.0 Å². The second kappa shape index (κ2) is 5.27. The van der Waals surface area contributed by atoms with Gasteiger partial charge in [0.2, 0.25) is 11.8 Å². The molecule has 102 valence electrons. The molecule has 1 heterocycles. The lowest BCUT2D eigenvalue weighted by molar-refractivity contribution is -0.137. The molecule has 0 aliphatic carbocycles. The maximum Gasteiger partial charge on any atom is 0.246 e. The van der Waals surface area contributed by atoms with Crippen LogP contribution in [0.2, 0.25) is 0 Å². The predicted molar refractivity (Wildman–Crippen MR) is 67.7 cm³/mol. The van der Waals surface area contributed by atoms with Crippen LogP contribution in [0.3, 0.4) is 0 Å². The van der Waals surface area contributed by atoms with Gasteiger partial charge >= 0.3 is 0 Å². The van der Waals surface area contributed by atoms with Crippen molar-refractivity contribution in [3.63, 3.8) is 0 Å². The molecule has 1 aromatic rings. The van der Waals surface area contributed by atoms with Gasteiger partial charge in [0.25, 0.3) is 0 Å². The van der Waals surface area contributed by atoms with Gasteiger partial charge in [-0.3, -0.25) is 14.5 Å². The zero-order valence-electron chi connectivity index (χ0n) is 10.8. The number of likely N-dealkylation sites (N-methyl/N-ethyl adjacent to an activating group) is 1. The van der Waals surface area contributed by atoms with Gasteiger partial charge < -0.3 is 15.2 Å². The summed E-state index contributed by atoms with van der Waals surface area (Å²) in [6.07, 6.45) is 0.153. The zero-order valence-corrected chi connectivity index (χ0v) is 10.8. The van der Waals surface area contributed by atoms with Gasteiger partial charge in [-0.2, -0.15) is 0 Å². The molecular weight excluding hydrogens is 248 g/mol. The minimum atomic E-state index is -0.525. The first-order valence-electron chi connectivity index (χ1n) is 5.92. The van der Waals surface area contributed by atoms with Crippen LogP contribution in [0.1, 0.15) is 12.0 Å². The zero-order chi connectivity index (χ0) is 14.0. The number of phenolic OH excluding ortho intramolecular Hbond substituents is 1. The topological polar surface area (TPSA) is 78.9 Å². The van der Waals surface area contributed by atoms with E-state index in [0.29, 0.717) is 17.9 Å². The van der Waals surface area contributed by atoms with E-state index < -0.39 is 6.04 Å². The Hall–Kier alpha value is -2.08. The molecule has 6 heteroatoms. The number of likely N-dealkylation sites (tertiary alicyclic amines) is 1. The standard InChI is InChI=1S/C13H16N2O4/c1-15-12(17)6-10(13(15)18)14-7-8-5-9(19-2)3-4-11(8)16/h3-5,10,14,16H,6-7H2,1-2H3. The molecule has 1 aliphatic rings. The summed E-state index contributed by atoms with van der Waals surface area (Å²) in [6, 6.07) is 4.34. The number of rotatable bonds is 4. The number of hydrogen-bond acceptors (Lipinski definition) is 5. The molecule has 1 fully saturated rings. The van der Waals surface area contributed by atoms with Crippen molar-refractivity contribution in [1.82, 2.24) is 10.2 Å². The van der Waals surface area contributed by atoms with Gasteiger partial charge in [0.05, 0.1) is 19.6 Å². The van der Waals surface area contributed by atoms with Crippen LogP contribution in [0.15, 0.2) is 18.2 Å². The van der Waals surface area contributed by atoms with Gasteiger partial charge in [0.1, 0.15) is 11.5 Å². The molecule has 1 aromatic carbocycles. The fraction of sp³-hybridized carbons (Fsp3) is 0.385. The van der Waals surface area contributed by atoms with Crippen LogP contribution in [-0.4, -0.2) is 42.0 Å². The Morgan fingerprint density at radius 3 is 2.79 bits per heavy atom. The summed E-state index contributed by atoms with van der Waals surface area (Å²) in [7, 11) is 3.01. The van der Waals surface area contributed by atoms with Crippen LogP contribution < -0.4 is 10.1 Å². The molecule has 0 bridgehead atoms. The average Bonchev–Trinajstić information content (AvgIpc) is 2.65. The summed E-state index contributed by atoms with van der Waals surface area (Å²) in [6.45, 7) is 0.292. The Morgan fingerprint density at radius 2 is 2.21 bits per heavy atom. The van der Waals surface area contributed by atoms with E-state index in [2.05, 4.69) is 5.32 Å². The lowest BCUT2D eigenvalue weighted by Crippen LogP contribution is -2.36. The third kappa shape index (κ3) is 2.68. The summed E-state index contributed by atoms with van der Waals surface area (Å²) < 4.78 is 5.07. The Morgan fingerprint density at radius 1 is 1.47 bits per heavy atom. The smallest absolute Gasteiger partial charge is 0.246 e. The highest BCUT2D eigenvalue weighted by Crippen LogP contribution is 2.23. The summed E-state index contributed by atoms with van der Waals surface area (Å²) in [4.78, 5) is 24.2. The Kier molecular flexibility index (Phi) is 3.71. The monoisotopic (exact) mass is 264 g/mol. The summed E-state index contributed by atoms with van der Waals surface area (Å²) in [5, 5.41) is 12.7. The number of nitrogens with one attached hydrogen (secondary N) is 1. The highest BCUT2D eigenvalue weighted by atomic mass is 16.5. The van der Waals surface area contributed by atoms with Crippen molar-refractivity contribution in [1.29, 1.82) is 0 Å². The minimum absolute atomic E-state index is 0.124. The van der Waals surface area contributed by atoms with Gasteiger partial charge in [-0.05, 0) is 18.2 Å². The van der Waals surface area contributed by atoms with Crippen LogP contribution in [0.25, 0.3) is 0 Å². The number of ether oxygens (including phenoxy) is 1. The van der Waals surface area contributed by atoms with E-state index >= 15 is 0 Å². The Bertz CT molecular complexity index is 515. The fourth-order valence-electron chi connectivity index (χ4n) is 1.98. The molecule has 19 heavy (non-hydrogen) atoms. The molecule has 1 unspecified atom stereocenters. The number of phenols is 1. The average molecular weight is 264 g/mol. The predicted octanol–water partition coefficient (Wildman–Crippen LogP) is 0.248. The van der Waals surface area contributed by atoms with E-state index in [9.17, 15) is 14.7 Å². The van der Waals surface area contributed by atoms with Crippen LogP contribution in [0.5, 0.6) is 11.5 Å². The lowest BCUT2D eigenvalue weighted by atomic mass is 10.1. The van der Waals surface area contributed by atoms with Crippen molar-refractivity contribution in [3.8, 4) is 11.5 Å². The van der Waals surface area contributed by atoms with Crippen LogP contribution >= 0.6 is 0 Å². The number of amides is 2. The van der Waals surface area contributed by atoms with Crippen molar-refractivity contribution in [2.24, 2.45) is 0 Å². The largest absolute Gasteiger partial charge is 0.508 e. The number of methoxy groups -OCH3 is 1. The maximum absolute atomic E-state index is 11.7. The first-order chi connectivity index (χ1) is 9.02. The van der Waals surface area contributed by atoms with E-state index in [4.69, 9.17) is 4.74 Å².